The first-order chi connectivity index (χ1) is 16.6. The van der Waals surface area contributed by atoms with Gasteiger partial charge in [0, 0.05) is 51.5 Å². The lowest BCUT2D eigenvalue weighted by molar-refractivity contribution is 0.0851. The van der Waals surface area contributed by atoms with Gasteiger partial charge in [-0.3, -0.25) is 0 Å². The van der Waals surface area contributed by atoms with E-state index in [1.807, 2.05) is 13.0 Å². The normalized spacial score (nSPS) is 17.2. The third-order valence-electron chi connectivity index (χ3n) is 6.78. The summed E-state index contributed by atoms with van der Waals surface area (Å²) in [7, 11) is 2.07. The fraction of sp³-hybridized carbons (Fsp3) is 0.458. The summed E-state index contributed by atoms with van der Waals surface area (Å²) < 4.78 is 21.2. The van der Waals surface area contributed by atoms with E-state index in [0.717, 1.165) is 69.6 Å². The van der Waals surface area contributed by atoms with Gasteiger partial charge in [0.25, 0.3) is 0 Å². The fourth-order valence-electron chi connectivity index (χ4n) is 4.86. The minimum atomic E-state index is -0.340. The number of halogens is 1. The summed E-state index contributed by atoms with van der Waals surface area (Å²) in [5.74, 6) is 1.14. The molecule has 10 heteroatoms. The van der Waals surface area contributed by atoms with Crippen molar-refractivity contribution in [1.82, 2.24) is 29.5 Å². The van der Waals surface area contributed by atoms with Crippen molar-refractivity contribution < 1.29 is 9.13 Å². The quantitative estimate of drug-likeness (QED) is 0.456. The molecule has 176 valence electrons. The summed E-state index contributed by atoms with van der Waals surface area (Å²) in [6.45, 7) is 5.30. The van der Waals surface area contributed by atoms with Crippen LogP contribution in [-0.2, 0) is 4.74 Å². The lowest BCUT2D eigenvalue weighted by Crippen LogP contribution is -2.38. The third-order valence-corrected chi connectivity index (χ3v) is 6.78. The Labute approximate surface area is 196 Å². The van der Waals surface area contributed by atoms with Crippen LogP contribution in [0.4, 0.5) is 16.3 Å². The highest BCUT2D eigenvalue weighted by atomic mass is 19.1. The highest BCUT2D eigenvalue weighted by Gasteiger charge is 2.26. The molecule has 0 amide bonds. The SMILES string of the molecule is Cc1nc2ccc(F)cc2nc1-c1cc2nc(N3CCCC3)nc(N(C)C3CCOCC3)n2n1. The van der Waals surface area contributed by atoms with E-state index in [1.165, 1.54) is 12.1 Å². The molecule has 0 atom stereocenters. The second kappa shape index (κ2) is 8.43. The predicted octanol–water partition coefficient (Wildman–Crippen LogP) is 3.40. The van der Waals surface area contributed by atoms with E-state index in [2.05, 4.69) is 21.8 Å². The van der Waals surface area contributed by atoms with E-state index in [9.17, 15) is 4.39 Å². The summed E-state index contributed by atoms with van der Waals surface area (Å²) in [6, 6.07) is 6.68. The highest BCUT2D eigenvalue weighted by Crippen LogP contribution is 2.28. The molecule has 2 aliphatic rings. The molecule has 2 saturated heterocycles. The lowest BCUT2D eigenvalue weighted by atomic mass is 10.1. The topological polar surface area (TPSA) is 84.6 Å². The van der Waals surface area contributed by atoms with E-state index in [0.29, 0.717) is 34.1 Å². The zero-order valence-corrected chi connectivity index (χ0v) is 19.4. The van der Waals surface area contributed by atoms with Gasteiger partial charge in [-0.05, 0) is 44.7 Å². The van der Waals surface area contributed by atoms with E-state index < -0.39 is 0 Å². The number of ether oxygens (including phenoxy) is 1. The molecule has 0 spiro atoms. The van der Waals surface area contributed by atoms with Crippen LogP contribution in [0.3, 0.4) is 0 Å². The van der Waals surface area contributed by atoms with E-state index in [1.54, 1.807) is 10.6 Å². The second-order valence-electron chi connectivity index (χ2n) is 9.06. The van der Waals surface area contributed by atoms with Crippen LogP contribution >= 0.6 is 0 Å². The maximum absolute atomic E-state index is 13.8. The molecule has 5 heterocycles. The minimum absolute atomic E-state index is 0.316. The largest absolute Gasteiger partial charge is 0.381 e. The molecule has 0 radical (unpaired) electrons. The van der Waals surface area contributed by atoms with Gasteiger partial charge in [-0.15, -0.1) is 0 Å². The number of anilines is 2. The van der Waals surface area contributed by atoms with Gasteiger partial charge in [0.15, 0.2) is 5.65 Å². The predicted molar refractivity (Wildman–Crippen MR) is 128 cm³/mol. The summed E-state index contributed by atoms with van der Waals surface area (Å²) in [5.41, 5.74) is 3.86. The molecule has 6 rings (SSSR count). The molecule has 1 aromatic carbocycles. The Hall–Kier alpha value is -3.40. The molecule has 0 bridgehead atoms. The van der Waals surface area contributed by atoms with Gasteiger partial charge in [0.1, 0.15) is 17.2 Å². The highest BCUT2D eigenvalue weighted by molar-refractivity contribution is 5.78. The maximum Gasteiger partial charge on any atom is 0.231 e. The first kappa shape index (κ1) is 21.2. The Bertz CT molecular complexity index is 1360. The molecule has 9 nitrogen and oxygen atoms in total. The lowest BCUT2D eigenvalue weighted by Gasteiger charge is -2.32. The van der Waals surface area contributed by atoms with Crippen molar-refractivity contribution in [2.75, 3.05) is 43.2 Å². The number of nitrogens with zero attached hydrogens (tertiary/aromatic N) is 8. The van der Waals surface area contributed by atoms with Crippen molar-refractivity contribution in [3.8, 4) is 11.4 Å². The van der Waals surface area contributed by atoms with Crippen molar-refractivity contribution in [2.24, 2.45) is 0 Å². The van der Waals surface area contributed by atoms with Gasteiger partial charge in [-0.1, -0.05) is 0 Å². The van der Waals surface area contributed by atoms with Crippen LogP contribution in [0, 0.1) is 12.7 Å². The molecule has 4 aromatic rings. The molecule has 2 aliphatic heterocycles. The van der Waals surface area contributed by atoms with Gasteiger partial charge < -0.3 is 14.5 Å². The molecule has 0 unspecified atom stereocenters. The molecular formula is C24H27FN8O. The van der Waals surface area contributed by atoms with Gasteiger partial charge >= 0.3 is 0 Å². The Balaban J connectivity index is 1.49. The van der Waals surface area contributed by atoms with Gasteiger partial charge in [0.05, 0.1) is 16.7 Å². The van der Waals surface area contributed by atoms with Crippen LogP contribution in [0.2, 0.25) is 0 Å². The van der Waals surface area contributed by atoms with Crippen LogP contribution in [0.5, 0.6) is 0 Å². The van der Waals surface area contributed by atoms with Crippen molar-refractivity contribution >= 4 is 28.6 Å². The molecule has 2 fully saturated rings. The monoisotopic (exact) mass is 462 g/mol. The molecular weight excluding hydrogens is 435 g/mol. The number of hydrogen-bond acceptors (Lipinski definition) is 8. The number of hydrogen-bond donors (Lipinski definition) is 0. The van der Waals surface area contributed by atoms with Gasteiger partial charge in [-0.2, -0.15) is 19.6 Å². The molecule has 34 heavy (non-hydrogen) atoms. The van der Waals surface area contributed by atoms with Crippen molar-refractivity contribution in [2.45, 2.75) is 38.6 Å². The van der Waals surface area contributed by atoms with Crippen molar-refractivity contribution in [3.05, 3.63) is 35.8 Å². The number of benzene rings is 1. The van der Waals surface area contributed by atoms with Gasteiger partial charge in [-0.25, -0.2) is 14.4 Å². The van der Waals surface area contributed by atoms with Crippen LogP contribution in [0.1, 0.15) is 31.4 Å². The van der Waals surface area contributed by atoms with Crippen LogP contribution in [-0.4, -0.2) is 68.9 Å². The summed E-state index contributed by atoms with van der Waals surface area (Å²) in [5, 5.41) is 4.86. The van der Waals surface area contributed by atoms with Crippen LogP contribution in [0.15, 0.2) is 24.3 Å². The molecule has 0 N–H and O–H groups in total. The average molecular weight is 463 g/mol. The maximum atomic E-state index is 13.8. The number of aromatic nitrogens is 6. The van der Waals surface area contributed by atoms with Crippen LogP contribution in [0.25, 0.3) is 28.1 Å². The zero-order valence-electron chi connectivity index (χ0n) is 19.4. The third kappa shape index (κ3) is 3.71. The molecule has 0 saturated carbocycles. The molecule has 3 aromatic heterocycles. The Morgan fingerprint density at radius 3 is 2.59 bits per heavy atom. The minimum Gasteiger partial charge on any atom is -0.381 e. The Kier molecular flexibility index (Phi) is 5.24. The zero-order chi connectivity index (χ0) is 23.2. The second-order valence-corrected chi connectivity index (χ2v) is 9.06. The van der Waals surface area contributed by atoms with Gasteiger partial charge in [0.2, 0.25) is 11.9 Å². The molecule has 0 aliphatic carbocycles. The summed E-state index contributed by atoms with van der Waals surface area (Å²) >= 11 is 0. The number of aryl methyl sites for hydroxylation is 1. The standard InChI is InChI=1S/C24H27FN8O/c1-15-22(27-19-13-16(25)5-6-18(19)26-15)20-14-21-28-23(32-9-3-4-10-32)29-24(33(21)30-20)31(2)17-7-11-34-12-8-17/h5-6,13-14,17H,3-4,7-12H2,1-2H3. The van der Waals surface area contributed by atoms with E-state index >= 15 is 0 Å². The number of rotatable bonds is 4. The van der Waals surface area contributed by atoms with Crippen molar-refractivity contribution in [1.29, 1.82) is 0 Å². The average Bonchev–Trinajstić information content (AvgIpc) is 3.53. The Morgan fingerprint density at radius 1 is 1.00 bits per heavy atom. The Morgan fingerprint density at radius 2 is 1.79 bits per heavy atom. The first-order valence-electron chi connectivity index (χ1n) is 11.8. The summed E-state index contributed by atoms with van der Waals surface area (Å²) in [4.78, 5) is 23.6. The van der Waals surface area contributed by atoms with Crippen LogP contribution < -0.4 is 9.80 Å². The van der Waals surface area contributed by atoms with E-state index in [4.69, 9.17) is 24.8 Å². The summed E-state index contributed by atoms with van der Waals surface area (Å²) in [6.07, 6.45) is 4.17. The first-order valence-corrected chi connectivity index (χ1v) is 11.8. The van der Waals surface area contributed by atoms with Crippen molar-refractivity contribution in [3.63, 3.8) is 0 Å². The number of fused-ring (bicyclic) bond motifs is 2. The fourth-order valence-corrected chi connectivity index (χ4v) is 4.86. The van der Waals surface area contributed by atoms with E-state index in [-0.39, 0.29) is 5.82 Å². The smallest absolute Gasteiger partial charge is 0.231 e.